The quantitative estimate of drug-likeness (QED) is 0.467. The summed E-state index contributed by atoms with van der Waals surface area (Å²) in [6, 6.07) is 8.89. The summed E-state index contributed by atoms with van der Waals surface area (Å²) in [4.78, 5) is 24.8. The van der Waals surface area contributed by atoms with Crippen LogP contribution in [0.1, 0.15) is 32.1 Å². The largest absolute Gasteiger partial charge is 0.450 e. The van der Waals surface area contributed by atoms with E-state index in [1.807, 2.05) is 6.07 Å². The van der Waals surface area contributed by atoms with E-state index in [1.165, 1.54) is 0 Å². The average Bonchev–Trinajstić information content (AvgIpc) is 2.80. The number of ether oxygens (including phenoxy) is 2. The molecule has 0 bridgehead atoms. The molecule has 1 spiro atoms. The molecule has 1 aliphatic heterocycles. The molecule has 4 nitrogen and oxygen atoms in total. The van der Waals surface area contributed by atoms with E-state index in [0.717, 1.165) is 19.3 Å². The zero-order chi connectivity index (χ0) is 15.6. The Morgan fingerprint density at radius 3 is 2.50 bits per heavy atom. The van der Waals surface area contributed by atoms with Crippen molar-refractivity contribution in [2.24, 2.45) is 0 Å². The Morgan fingerprint density at radius 1 is 1.18 bits per heavy atom. The molecule has 0 radical (unpaired) electrons. The summed E-state index contributed by atoms with van der Waals surface area (Å²) in [7, 11) is 0. The van der Waals surface area contributed by atoms with Gasteiger partial charge in [0.05, 0.1) is 11.1 Å². The van der Waals surface area contributed by atoms with E-state index in [4.69, 9.17) is 9.47 Å². The van der Waals surface area contributed by atoms with E-state index in [9.17, 15) is 9.59 Å². The predicted molar refractivity (Wildman–Crippen MR) is 84.8 cm³/mol. The summed E-state index contributed by atoms with van der Waals surface area (Å²) in [6.45, 7) is 0. The Labute approximate surface area is 137 Å². The van der Waals surface area contributed by atoms with Gasteiger partial charge in [0.1, 0.15) is 11.4 Å². The van der Waals surface area contributed by atoms with Crippen LogP contribution in [0.2, 0.25) is 0 Å². The van der Waals surface area contributed by atoms with Gasteiger partial charge in [-0.15, -0.1) is 0 Å². The normalized spacial score (nSPS) is 20.1. The number of hydrogen-bond donors (Lipinski definition) is 0. The molecule has 1 aromatic rings. The first-order valence-corrected chi connectivity index (χ1v) is 8.58. The highest BCUT2D eigenvalue weighted by molar-refractivity contribution is 9.09. The van der Waals surface area contributed by atoms with Gasteiger partial charge in [-0.05, 0) is 37.8 Å². The summed E-state index contributed by atoms with van der Waals surface area (Å²) >= 11 is 3.29. The number of para-hydroxylation sites is 1. The van der Waals surface area contributed by atoms with Gasteiger partial charge in [0.25, 0.3) is 0 Å². The van der Waals surface area contributed by atoms with Gasteiger partial charge in [0, 0.05) is 5.33 Å². The lowest BCUT2D eigenvalue weighted by molar-refractivity contribution is -0.150. The van der Waals surface area contributed by atoms with Crippen molar-refractivity contribution >= 4 is 27.9 Å². The minimum absolute atomic E-state index is 0.298. The van der Waals surface area contributed by atoms with Crippen LogP contribution in [0.3, 0.4) is 0 Å². The molecule has 1 fully saturated rings. The van der Waals surface area contributed by atoms with Crippen LogP contribution in [-0.4, -0.2) is 22.9 Å². The minimum Gasteiger partial charge on any atom is -0.450 e. The van der Waals surface area contributed by atoms with Crippen molar-refractivity contribution in [3.8, 4) is 5.75 Å². The van der Waals surface area contributed by atoms with Crippen LogP contribution in [0.15, 0.2) is 41.5 Å². The maximum Gasteiger partial charge on any atom is 0.344 e. The maximum atomic E-state index is 12.7. The van der Waals surface area contributed by atoms with Gasteiger partial charge in [-0.3, -0.25) is 0 Å². The molecule has 1 aromatic carbocycles. The van der Waals surface area contributed by atoms with Crippen molar-refractivity contribution in [2.45, 2.75) is 37.7 Å². The first-order valence-electron chi connectivity index (χ1n) is 7.46. The Bertz CT molecular complexity index is 615. The van der Waals surface area contributed by atoms with Crippen molar-refractivity contribution in [3.63, 3.8) is 0 Å². The lowest BCUT2D eigenvalue weighted by atomic mass is 9.79. The molecule has 0 amide bonds. The number of halogens is 1. The van der Waals surface area contributed by atoms with Crippen LogP contribution < -0.4 is 4.74 Å². The van der Waals surface area contributed by atoms with E-state index < -0.39 is 17.5 Å². The van der Waals surface area contributed by atoms with Gasteiger partial charge >= 0.3 is 11.9 Å². The smallest absolute Gasteiger partial charge is 0.344 e. The van der Waals surface area contributed by atoms with Crippen molar-refractivity contribution < 1.29 is 19.1 Å². The molecular weight excluding hydrogens is 348 g/mol. The van der Waals surface area contributed by atoms with Gasteiger partial charge in [-0.1, -0.05) is 40.5 Å². The number of alkyl halides is 1. The number of carbonyl (C=O) groups is 2. The number of carbonyl (C=O) groups excluding carboxylic acids is 2. The van der Waals surface area contributed by atoms with Crippen LogP contribution in [0.5, 0.6) is 5.75 Å². The summed E-state index contributed by atoms with van der Waals surface area (Å²) in [5, 5.41) is 0.298. The van der Waals surface area contributed by atoms with Crippen molar-refractivity contribution in [3.05, 3.63) is 41.5 Å². The number of rotatable bonds is 3. The predicted octanol–water partition coefficient (Wildman–Crippen LogP) is 3.54. The SMILES string of the molecule is O=C1OC2(CCCCC2)C(C(=O)Oc2ccccc2)=C1CBr. The Hall–Kier alpha value is -1.62. The third kappa shape index (κ3) is 2.70. The number of hydrogen-bond acceptors (Lipinski definition) is 4. The molecule has 1 saturated carbocycles. The molecule has 0 N–H and O–H groups in total. The van der Waals surface area contributed by atoms with Crippen LogP contribution >= 0.6 is 15.9 Å². The lowest BCUT2D eigenvalue weighted by Crippen LogP contribution is -2.38. The molecule has 3 rings (SSSR count). The highest BCUT2D eigenvalue weighted by Gasteiger charge is 2.51. The van der Waals surface area contributed by atoms with Crippen LogP contribution in [0.25, 0.3) is 0 Å². The molecule has 116 valence electrons. The minimum atomic E-state index is -0.787. The standard InChI is InChI=1S/C17H17BrO4/c18-11-13-14(16(20)21-12-7-3-1-4-8-12)17(22-15(13)19)9-5-2-6-10-17/h1,3-4,7-8H,2,5-6,9-11H2. The van der Waals surface area contributed by atoms with Crippen LogP contribution in [0, 0.1) is 0 Å². The van der Waals surface area contributed by atoms with Gasteiger partial charge in [-0.2, -0.15) is 0 Å². The van der Waals surface area contributed by atoms with E-state index >= 15 is 0 Å². The molecule has 0 saturated heterocycles. The molecule has 2 aliphatic rings. The van der Waals surface area contributed by atoms with E-state index in [2.05, 4.69) is 15.9 Å². The second-order valence-corrected chi connectivity index (χ2v) is 6.19. The maximum absolute atomic E-state index is 12.7. The average molecular weight is 365 g/mol. The topological polar surface area (TPSA) is 52.6 Å². The lowest BCUT2D eigenvalue weighted by Gasteiger charge is -2.33. The first-order chi connectivity index (χ1) is 10.7. The number of esters is 2. The molecule has 0 atom stereocenters. The van der Waals surface area contributed by atoms with Gasteiger partial charge in [0.2, 0.25) is 0 Å². The Morgan fingerprint density at radius 2 is 1.86 bits per heavy atom. The fourth-order valence-electron chi connectivity index (χ4n) is 3.22. The zero-order valence-corrected chi connectivity index (χ0v) is 13.7. The van der Waals surface area contributed by atoms with E-state index in [1.54, 1.807) is 24.3 Å². The Kier molecular flexibility index (Phi) is 4.34. The van der Waals surface area contributed by atoms with Crippen molar-refractivity contribution in [1.82, 2.24) is 0 Å². The molecule has 1 aliphatic carbocycles. The third-order valence-electron chi connectivity index (χ3n) is 4.24. The summed E-state index contributed by atoms with van der Waals surface area (Å²) < 4.78 is 11.1. The second kappa shape index (κ2) is 6.24. The number of benzene rings is 1. The second-order valence-electron chi connectivity index (χ2n) is 5.63. The molecular formula is C17H17BrO4. The van der Waals surface area contributed by atoms with Crippen LogP contribution in [0.4, 0.5) is 0 Å². The molecule has 1 heterocycles. The summed E-state index contributed by atoms with van der Waals surface area (Å²) in [5.74, 6) is -0.411. The fourth-order valence-corrected chi connectivity index (χ4v) is 3.73. The third-order valence-corrected chi connectivity index (χ3v) is 4.81. The van der Waals surface area contributed by atoms with Gasteiger partial charge < -0.3 is 9.47 Å². The first kappa shape index (κ1) is 15.3. The van der Waals surface area contributed by atoms with E-state index in [-0.39, 0.29) is 0 Å². The Balaban J connectivity index is 1.94. The highest BCUT2D eigenvalue weighted by Crippen LogP contribution is 2.44. The molecule has 0 aromatic heterocycles. The molecule has 0 unspecified atom stereocenters. The van der Waals surface area contributed by atoms with Crippen LogP contribution in [-0.2, 0) is 14.3 Å². The van der Waals surface area contributed by atoms with Gasteiger partial charge in [0.15, 0.2) is 0 Å². The monoisotopic (exact) mass is 364 g/mol. The van der Waals surface area contributed by atoms with E-state index in [0.29, 0.717) is 35.1 Å². The van der Waals surface area contributed by atoms with Gasteiger partial charge in [-0.25, -0.2) is 9.59 Å². The zero-order valence-electron chi connectivity index (χ0n) is 12.1. The van der Waals surface area contributed by atoms with Crippen molar-refractivity contribution in [1.29, 1.82) is 0 Å². The van der Waals surface area contributed by atoms with Crippen molar-refractivity contribution in [2.75, 3.05) is 5.33 Å². The highest BCUT2D eigenvalue weighted by atomic mass is 79.9. The summed E-state index contributed by atoms with van der Waals surface area (Å²) in [6.07, 6.45) is 4.38. The molecule has 5 heteroatoms. The summed E-state index contributed by atoms with van der Waals surface area (Å²) in [5.41, 5.74) is 0.00497. The fraction of sp³-hybridized carbons (Fsp3) is 0.412. The molecule has 22 heavy (non-hydrogen) atoms.